The van der Waals surface area contributed by atoms with Crippen LogP contribution in [0.15, 0.2) is 71.6 Å². The molecular weight excluding hydrogens is 576 g/mol. The molecule has 0 heterocycles. The van der Waals surface area contributed by atoms with Crippen LogP contribution < -0.4 is 9.62 Å². The maximum absolute atomic E-state index is 13.9. The highest BCUT2D eigenvalue weighted by Crippen LogP contribution is 2.27. The fourth-order valence-corrected chi connectivity index (χ4v) is 5.59. The highest BCUT2D eigenvalue weighted by Gasteiger charge is 2.33. The number of carbonyl (C=O) groups is 2. The Labute approximate surface area is 244 Å². The molecule has 0 aliphatic heterocycles. The van der Waals surface area contributed by atoms with Crippen molar-refractivity contribution in [3.05, 3.63) is 93.7 Å². The summed E-state index contributed by atoms with van der Waals surface area (Å²) in [5.74, 6) is -1.60. The Hall–Kier alpha value is -3.14. The molecule has 0 aliphatic carbocycles. The topological polar surface area (TPSA) is 86.8 Å². The minimum Gasteiger partial charge on any atom is -0.352 e. The van der Waals surface area contributed by atoms with E-state index in [-0.39, 0.29) is 34.1 Å². The fraction of sp³-hybridized carbons (Fsp3) is 0.310. The van der Waals surface area contributed by atoms with Crippen molar-refractivity contribution in [1.29, 1.82) is 0 Å². The van der Waals surface area contributed by atoms with Crippen LogP contribution in [0.3, 0.4) is 0 Å². The first-order chi connectivity index (χ1) is 18.8. The number of carbonyl (C=O) groups excluding carboxylic acids is 2. The quantitative estimate of drug-likeness (QED) is 0.291. The van der Waals surface area contributed by atoms with Crippen LogP contribution in [0.25, 0.3) is 0 Å². The van der Waals surface area contributed by atoms with E-state index in [0.29, 0.717) is 17.0 Å². The van der Waals surface area contributed by atoms with Crippen LogP contribution in [0.1, 0.15) is 38.3 Å². The van der Waals surface area contributed by atoms with Gasteiger partial charge in [0.05, 0.1) is 20.6 Å². The Morgan fingerprint density at radius 3 is 2.15 bits per heavy atom. The molecule has 0 saturated heterocycles. The van der Waals surface area contributed by atoms with Gasteiger partial charge in [0, 0.05) is 12.6 Å². The monoisotopic (exact) mass is 607 g/mol. The van der Waals surface area contributed by atoms with Gasteiger partial charge in [0.25, 0.3) is 10.0 Å². The van der Waals surface area contributed by atoms with Gasteiger partial charge in [-0.1, -0.05) is 53.9 Å². The van der Waals surface area contributed by atoms with Crippen molar-refractivity contribution in [3.8, 4) is 0 Å². The first-order valence-electron chi connectivity index (χ1n) is 12.7. The number of anilines is 1. The van der Waals surface area contributed by atoms with E-state index < -0.39 is 34.3 Å². The van der Waals surface area contributed by atoms with Crippen molar-refractivity contribution >= 4 is 50.7 Å². The average molecular weight is 609 g/mol. The molecule has 3 aromatic carbocycles. The number of hydrogen-bond donors (Lipinski definition) is 1. The third-order valence-corrected chi connectivity index (χ3v) is 9.03. The predicted octanol–water partition coefficient (Wildman–Crippen LogP) is 5.97. The van der Waals surface area contributed by atoms with Crippen LogP contribution in [0.5, 0.6) is 0 Å². The standard InChI is InChI=1S/C29H32Cl2FN3O4S/c1-5-20(3)33-29(37)21(4)34(17-22-8-15-26(30)27(31)16-22)28(36)18-35(24-11-6-19(2)7-12-24)40(38,39)25-13-9-23(32)10-14-25/h6-16,20-21H,5,17-18H2,1-4H3,(H,33,37)/t20-,21+/m0/s1. The number of sulfonamides is 1. The molecule has 3 aromatic rings. The molecule has 0 radical (unpaired) electrons. The number of nitrogens with one attached hydrogen (secondary N) is 1. The Bertz CT molecular complexity index is 1450. The maximum atomic E-state index is 13.9. The van der Waals surface area contributed by atoms with Crippen LogP contribution in [-0.2, 0) is 26.2 Å². The lowest BCUT2D eigenvalue weighted by molar-refractivity contribution is -0.139. The second kappa shape index (κ2) is 13.5. The van der Waals surface area contributed by atoms with Gasteiger partial charge < -0.3 is 10.2 Å². The molecule has 0 fully saturated rings. The average Bonchev–Trinajstić information content (AvgIpc) is 2.92. The van der Waals surface area contributed by atoms with Gasteiger partial charge in [0.2, 0.25) is 11.8 Å². The summed E-state index contributed by atoms with van der Waals surface area (Å²) >= 11 is 12.3. The molecule has 3 rings (SSSR count). The zero-order chi connectivity index (χ0) is 29.6. The smallest absolute Gasteiger partial charge is 0.264 e. The molecule has 0 spiro atoms. The highest BCUT2D eigenvalue weighted by molar-refractivity contribution is 7.92. The van der Waals surface area contributed by atoms with Gasteiger partial charge in [-0.15, -0.1) is 0 Å². The predicted molar refractivity (Wildman–Crippen MR) is 156 cm³/mol. The zero-order valence-corrected chi connectivity index (χ0v) is 25.0. The van der Waals surface area contributed by atoms with E-state index in [0.717, 1.165) is 34.1 Å². The molecule has 40 heavy (non-hydrogen) atoms. The molecule has 11 heteroatoms. The molecule has 0 aliphatic rings. The van der Waals surface area contributed by atoms with Crippen LogP contribution in [0, 0.1) is 12.7 Å². The lowest BCUT2D eigenvalue weighted by Crippen LogP contribution is -2.52. The van der Waals surface area contributed by atoms with Crippen LogP contribution >= 0.6 is 23.2 Å². The summed E-state index contributed by atoms with van der Waals surface area (Å²) in [5.41, 5.74) is 1.74. The molecular formula is C29H32Cl2FN3O4S. The number of halogens is 3. The summed E-state index contributed by atoms with van der Waals surface area (Å²) in [7, 11) is -4.29. The van der Waals surface area contributed by atoms with Crippen molar-refractivity contribution in [2.45, 2.75) is 57.6 Å². The van der Waals surface area contributed by atoms with Crippen LogP contribution in [0.2, 0.25) is 10.0 Å². The zero-order valence-electron chi connectivity index (χ0n) is 22.7. The van der Waals surface area contributed by atoms with Crippen LogP contribution in [0.4, 0.5) is 10.1 Å². The summed E-state index contributed by atoms with van der Waals surface area (Å²) in [5, 5.41) is 3.49. The highest BCUT2D eigenvalue weighted by atomic mass is 35.5. The Morgan fingerprint density at radius 2 is 1.57 bits per heavy atom. The number of aryl methyl sites for hydroxylation is 1. The maximum Gasteiger partial charge on any atom is 0.264 e. The van der Waals surface area contributed by atoms with E-state index in [9.17, 15) is 22.4 Å². The normalized spacial score (nSPS) is 12.9. The number of nitrogens with zero attached hydrogens (tertiary/aromatic N) is 2. The van der Waals surface area contributed by atoms with E-state index in [1.807, 2.05) is 20.8 Å². The third kappa shape index (κ3) is 7.74. The van der Waals surface area contributed by atoms with Crippen LogP contribution in [-0.4, -0.2) is 43.8 Å². The van der Waals surface area contributed by atoms with Gasteiger partial charge in [0.15, 0.2) is 0 Å². The Morgan fingerprint density at radius 1 is 0.950 bits per heavy atom. The lowest BCUT2D eigenvalue weighted by atomic mass is 10.1. The first-order valence-corrected chi connectivity index (χ1v) is 14.9. The van der Waals surface area contributed by atoms with Gasteiger partial charge in [-0.2, -0.15) is 0 Å². The van der Waals surface area contributed by atoms with Gasteiger partial charge in [-0.3, -0.25) is 13.9 Å². The minimum absolute atomic E-state index is 0.0247. The first kappa shape index (κ1) is 31.4. The third-order valence-electron chi connectivity index (χ3n) is 6.51. The second-order valence-electron chi connectivity index (χ2n) is 9.57. The van der Waals surface area contributed by atoms with E-state index in [4.69, 9.17) is 23.2 Å². The molecule has 2 atom stereocenters. The Kier molecular flexibility index (Phi) is 10.6. The van der Waals surface area contributed by atoms with Gasteiger partial charge >= 0.3 is 0 Å². The molecule has 0 saturated carbocycles. The summed E-state index contributed by atoms with van der Waals surface area (Å²) in [6, 6.07) is 14.8. The molecule has 0 bridgehead atoms. The molecule has 2 amide bonds. The van der Waals surface area contributed by atoms with Crippen molar-refractivity contribution in [3.63, 3.8) is 0 Å². The van der Waals surface area contributed by atoms with E-state index in [2.05, 4.69) is 5.32 Å². The van der Waals surface area contributed by atoms with Gasteiger partial charge in [-0.25, -0.2) is 12.8 Å². The SMILES string of the molecule is CC[C@H](C)NC(=O)[C@@H](C)N(Cc1ccc(Cl)c(Cl)c1)C(=O)CN(c1ccc(C)cc1)S(=O)(=O)c1ccc(F)cc1. The van der Waals surface area contributed by atoms with E-state index >= 15 is 0 Å². The second-order valence-corrected chi connectivity index (χ2v) is 12.2. The van der Waals surface area contributed by atoms with Gasteiger partial charge in [-0.05, 0) is 81.3 Å². The van der Waals surface area contributed by atoms with E-state index in [1.165, 1.54) is 4.90 Å². The summed E-state index contributed by atoms with van der Waals surface area (Å²) < 4.78 is 42.0. The largest absolute Gasteiger partial charge is 0.352 e. The molecule has 7 nitrogen and oxygen atoms in total. The van der Waals surface area contributed by atoms with Crippen molar-refractivity contribution in [2.75, 3.05) is 10.8 Å². The minimum atomic E-state index is -4.29. The fourth-order valence-electron chi connectivity index (χ4n) is 3.86. The van der Waals surface area contributed by atoms with E-state index in [1.54, 1.807) is 49.4 Å². The summed E-state index contributed by atoms with van der Waals surface area (Å²) in [6.45, 7) is 6.58. The molecule has 0 unspecified atom stereocenters. The Balaban J connectivity index is 2.03. The number of benzene rings is 3. The summed E-state index contributed by atoms with van der Waals surface area (Å²) in [6.07, 6.45) is 0.691. The van der Waals surface area contributed by atoms with Crippen molar-refractivity contribution in [2.24, 2.45) is 0 Å². The molecule has 0 aromatic heterocycles. The lowest BCUT2D eigenvalue weighted by Gasteiger charge is -2.32. The number of rotatable bonds is 11. The molecule has 1 N–H and O–H groups in total. The molecule has 214 valence electrons. The summed E-state index contributed by atoms with van der Waals surface area (Å²) in [4.78, 5) is 28.1. The number of amides is 2. The van der Waals surface area contributed by atoms with Gasteiger partial charge in [0.1, 0.15) is 18.4 Å². The number of hydrogen-bond acceptors (Lipinski definition) is 4. The van der Waals surface area contributed by atoms with Crippen molar-refractivity contribution < 1.29 is 22.4 Å². The van der Waals surface area contributed by atoms with Crippen molar-refractivity contribution in [1.82, 2.24) is 10.2 Å².